The molecule has 1 aliphatic rings. The predicted molar refractivity (Wildman–Crippen MR) is 127 cm³/mol. The van der Waals surface area contributed by atoms with Crippen LogP contribution in [-0.4, -0.2) is 34.8 Å². The molecule has 2 N–H and O–H groups in total. The highest BCUT2D eigenvalue weighted by Crippen LogP contribution is 2.44. The second-order valence-corrected chi connectivity index (χ2v) is 8.33. The van der Waals surface area contributed by atoms with E-state index in [-0.39, 0.29) is 24.8 Å². The predicted octanol–water partition coefficient (Wildman–Crippen LogP) is 4.92. The zero-order chi connectivity index (χ0) is 23.7. The number of carboxylic acids is 1. The Kier molecular flexibility index (Phi) is 5.76. The molecule has 0 fully saturated rings. The van der Waals surface area contributed by atoms with Crippen LogP contribution >= 0.6 is 0 Å². The molecule has 1 atom stereocenters. The fourth-order valence-electron chi connectivity index (χ4n) is 4.48. The van der Waals surface area contributed by atoms with E-state index in [4.69, 9.17) is 9.15 Å². The number of rotatable bonds is 7. The van der Waals surface area contributed by atoms with E-state index >= 15 is 0 Å². The molecule has 0 spiro atoms. The van der Waals surface area contributed by atoms with Gasteiger partial charge >= 0.3 is 12.1 Å². The van der Waals surface area contributed by atoms with Crippen LogP contribution in [-0.2, 0) is 22.4 Å². The summed E-state index contributed by atoms with van der Waals surface area (Å²) in [6, 6.07) is 20.5. The first kappa shape index (κ1) is 21.7. The van der Waals surface area contributed by atoms with Crippen molar-refractivity contribution in [3.05, 3.63) is 89.3 Å². The van der Waals surface area contributed by atoms with Crippen LogP contribution in [0.4, 0.5) is 4.79 Å². The smallest absolute Gasteiger partial charge is 0.407 e. The standard InChI is InChI=1S/C27H24N2O5/c1-2-16-11-12-22-24(13-16)34-25(28-22)14-23(26(30)31)29-27(32)33-15-21-19-9-5-3-7-17(19)18-8-4-6-10-20(18)21/h3-13,21,23H,2,14-15H2,1H3,(H,29,32)(H,30,31). The molecule has 0 saturated heterocycles. The van der Waals surface area contributed by atoms with E-state index in [1.165, 1.54) is 0 Å². The lowest BCUT2D eigenvalue weighted by molar-refractivity contribution is -0.139. The first-order valence-corrected chi connectivity index (χ1v) is 11.3. The average molecular weight is 456 g/mol. The van der Waals surface area contributed by atoms with Gasteiger partial charge in [-0.3, -0.25) is 0 Å². The SMILES string of the molecule is CCc1ccc2nc(CC(NC(=O)OCC3c4ccccc4-c4ccccc43)C(=O)O)oc2c1. The number of amides is 1. The molecule has 34 heavy (non-hydrogen) atoms. The summed E-state index contributed by atoms with van der Waals surface area (Å²) in [5.41, 5.74) is 6.77. The van der Waals surface area contributed by atoms with Gasteiger partial charge in [0, 0.05) is 5.92 Å². The Bertz CT molecular complexity index is 1330. The third-order valence-electron chi connectivity index (χ3n) is 6.22. The van der Waals surface area contributed by atoms with Gasteiger partial charge in [0.15, 0.2) is 11.5 Å². The van der Waals surface area contributed by atoms with Crippen molar-refractivity contribution >= 4 is 23.2 Å². The van der Waals surface area contributed by atoms with E-state index in [1.54, 1.807) is 0 Å². The van der Waals surface area contributed by atoms with E-state index in [0.717, 1.165) is 34.2 Å². The van der Waals surface area contributed by atoms with Gasteiger partial charge in [0.2, 0.25) is 0 Å². The number of aliphatic carboxylic acids is 1. The van der Waals surface area contributed by atoms with Crippen LogP contribution in [0.25, 0.3) is 22.2 Å². The lowest BCUT2D eigenvalue weighted by Crippen LogP contribution is -2.43. The molecule has 1 amide bonds. The van der Waals surface area contributed by atoms with E-state index in [2.05, 4.69) is 22.4 Å². The third kappa shape index (κ3) is 4.12. The Balaban J connectivity index is 1.26. The second kappa shape index (κ2) is 9.02. The fraction of sp³-hybridized carbons (Fsp3) is 0.222. The van der Waals surface area contributed by atoms with Crippen LogP contribution in [0.15, 0.2) is 71.1 Å². The average Bonchev–Trinajstić information content (AvgIpc) is 3.40. The Hall–Kier alpha value is -4.13. The van der Waals surface area contributed by atoms with Crippen LogP contribution < -0.4 is 5.32 Å². The maximum absolute atomic E-state index is 12.5. The van der Waals surface area contributed by atoms with Crippen LogP contribution in [0.2, 0.25) is 0 Å². The highest BCUT2D eigenvalue weighted by Gasteiger charge is 2.30. The van der Waals surface area contributed by atoms with Crippen molar-refractivity contribution in [1.82, 2.24) is 10.3 Å². The summed E-state index contributed by atoms with van der Waals surface area (Å²) in [7, 11) is 0. The summed E-state index contributed by atoms with van der Waals surface area (Å²) < 4.78 is 11.2. The number of oxazole rings is 1. The van der Waals surface area contributed by atoms with Gasteiger partial charge in [-0.05, 0) is 46.4 Å². The number of ether oxygens (including phenoxy) is 1. The second-order valence-electron chi connectivity index (χ2n) is 8.33. The van der Waals surface area contributed by atoms with Crippen molar-refractivity contribution in [2.24, 2.45) is 0 Å². The Morgan fingerprint density at radius 3 is 2.38 bits per heavy atom. The molecule has 0 saturated carbocycles. The molecule has 4 aromatic rings. The summed E-state index contributed by atoms with van der Waals surface area (Å²) in [5.74, 6) is -1.05. The molecular formula is C27H24N2O5. The molecule has 1 aromatic heterocycles. The number of nitrogens with one attached hydrogen (secondary N) is 1. The number of carboxylic acid groups (broad SMARTS) is 1. The molecule has 0 radical (unpaired) electrons. The van der Waals surface area contributed by atoms with Crippen LogP contribution in [0.1, 0.15) is 35.4 Å². The Morgan fingerprint density at radius 1 is 1.06 bits per heavy atom. The number of hydrogen-bond acceptors (Lipinski definition) is 5. The highest BCUT2D eigenvalue weighted by molar-refractivity contribution is 5.81. The molecule has 1 unspecified atom stereocenters. The summed E-state index contributed by atoms with van der Waals surface area (Å²) in [6.45, 7) is 2.14. The minimum atomic E-state index is -1.23. The van der Waals surface area contributed by atoms with Crippen LogP contribution in [0, 0.1) is 0 Å². The van der Waals surface area contributed by atoms with Crippen molar-refractivity contribution < 1.29 is 23.8 Å². The normalized spacial score (nSPS) is 13.3. The zero-order valence-electron chi connectivity index (χ0n) is 18.7. The number of benzene rings is 3. The number of fused-ring (bicyclic) bond motifs is 4. The first-order chi connectivity index (χ1) is 16.5. The van der Waals surface area contributed by atoms with Gasteiger partial charge in [0.05, 0.1) is 6.42 Å². The van der Waals surface area contributed by atoms with Crippen LogP contribution in [0.3, 0.4) is 0 Å². The first-order valence-electron chi connectivity index (χ1n) is 11.3. The number of carbonyl (C=O) groups is 2. The minimum Gasteiger partial charge on any atom is -0.480 e. The number of alkyl carbamates (subject to hydrolysis) is 1. The van der Waals surface area contributed by atoms with Gasteiger partial charge in [0.1, 0.15) is 18.2 Å². The van der Waals surface area contributed by atoms with E-state index in [0.29, 0.717) is 11.1 Å². The summed E-state index contributed by atoms with van der Waals surface area (Å²) >= 11 is 0. The Morgan fingerprint density at radius 2 is 1.74 bits per heavy atom. The van der Waals surface area contributed by atoms with Gasteiger partial charge in [-0.1, -0.05) is 61.5 Å². The van der Waals surface area contributed by atoms with Crippen molar-refractivity contribution in [1.29, 1.82) is 0 Å². The van der Waals surface area contributed by atoms with Crippen molar-refractivity contribution in [2.45, 2.75) is 31.7 Å². The van der Waals surface area contributed by atoms with Crippen molar-refractivity contribution in [3.8, 4) is 11.1 Å². The van der Waals surface area contributed by atoms with Crippen molar-refractivity contribution in [3.63, 3.8) is 0 Å². The molecule has 7 nitrogen and oxygen atoms in total. The number of carbonyl (C=O) groups excluding carboxylic acids is 1. The molecule has 1 aliphatic carbocycles. The number of aryl methyl sites for hydroxylation is 1. The number of hydrogen-bond donors (Lipinski definition) is 2. The minimum absolute atomic E-state index is 0.0876. The monoisotopic (exact) mass is 456 g/mol. The maximum atomic E-state index is 12.5. The molecule has 172 valence electrons. The molecule has 7 heteroatoms. The number of aromatic nitrogens is 1. The van der Waals surface area contributed by atoms with Gasteiger partial charge in [-0.25, -0.2) is 14.6 Å². The molecule has 0 bridgehead atoms. The Labute approximate surface area is 196 Å². The maximum Gasteiger partial charge on any atom is 0.407 e. The lowest BCUT2D eigenvalue weighted by Gasteiger charge is -2.16. The van der Waals surface area contributed by atoms with Gasteiger partial charge < -0.3 is 19.6 Å². The highest BCUT2D eigenvalue weighted by atomic mass is 16.5. The molecular weight excluding hydrogens is 432 g/mol. The largest absolute Gasteiger partial charge is 0.480 e. The summed E-state index contributed by atoms with van der Waals surface area (Å²) in [5, 5.41) is 12.1. The fourth-order valence-corrected chi connectivity index (χ4v) is 4.48. The zero-order valence-corrected chi connectivity index (χ0v) is 18.7. The van der Waals surface area contributed by atoms with E-state index < -0.39 is 18.1 Å². The van der Waals surface area contributed by atoms with Gasteiger partial charge in [-0.15, -0.1) is 0 Å². The van der Waals surface area contributed by atoms with Gasteiger partial charge in [-0.2, -0.15) is 0 Å². The quantitative estimate of drug-likeness (QED) is 0.409. The van der Waals surface area contributed by atoms with Crippen molar-refractivity contribution in [2.75, 3.05) is 6.61 Å². The van der Waals surface area contributed by atoms with E-state index in [9.17, 15) is 14.7 Å². The molecule has 1 heterocycles. The number of nitrogens with zero attached hydrogens (tertiary/aromatic N) is 1. The molecule has 3 aromatic carbocycles. The molecule has 0 aliphatic heterocycles. The van der Waals surface area contributed by atoms with Crippen LogP contribution in [0.5, 0.6) is 0 Å². The van der Waals surface area contributed by atoms with E-state index in [1.807, 2.05) is 61.5 Å². The molecule has 5 rings (SSSR count). The topological polar surface area (TPSA) is 102 Å². The third-order valence-corrected chi connectivity index (χ3v) is 6.22. The summed E-state index contributed by atoms with van der Waals surface area (Å²) in [6.07, 6.45) is -0.0263. The van der Waals surface area contributed by atoms with Gasteiger partial charge in [0.25, 0.3) is 0 Å². The lowest BCUT2D eigenvalue weighted by atomic mass is 9.98. The summed E-state index contributed by atoms with van der Waals surface area (Å²) in [4.78, 5) is 28.7.